The van der Waals surface area contributed by atoms with Gasteiger partial charge in [0.2, 0.25) is 0 Å². The molecule has 0 N–H and O–H groups in total. The summed E-state index contributed by atoms with van der Waals surface area (Å²) in [5, 5.41) is 0.698. The number of hydrogen-bond donors (Lipinski definition) is 0. The van der Waals surface area contributed by atoms with Gasteiger partial charge in [-0.05, 0) is 57.6 Å². The van der Waals surface area contributed by atoms with Crippen LogP contribution in [-0.4, -0.2) is 15.0 Å². The molecule has 204 valence electrons. The highest BCUT2D eigenvalue weighted by Crippen LogP contribution is 2.34. The van der Waals surface area contributed by atoms with Crippen molar-refractivity contribution >= 4 is 11.6 Å². The lowest BCUT2D eigenvalue weighted by molar-refractivity contribution is 1.07. The largest absolute Gasteiger partial charge is 0.208 e. The van der Waals surface area contributed by atoms with Crippen molar-refractivity contribution in [2.75, 3.05) is 0 Å². The molecule has 0 atom stereocenters. The van der Waals surface area contributed by atoms with Gasteiger partial charge in [0.05, 0.1) is 0 Å². The van der Waals surface area contributed by atoms with Gasteiger partial charge in [0.25, 0.3) is 0 Å². The molecule has 1 heterocycles. The summed E-state index contributed by atoms with van der Waals surface area (Å²) in [6.07, 6.45) is 0. The second-order valence-corrected chi connectivity index (χ2v) is 10.7. The molecule has 0 radical (unpaired) electrons. The minimum absolute atomic E-state index is 0.608. The Morgan fingerprint density at radius 3 is 1.33 bits per heavy atom. The van der Waals surface area contributed by atoms with E-state index in [4.69, 9.17) is 26.6 Å². The van der Waals surface area contributed by atoms with E-state index in [0.29, 0.717) is 22.5 Å². The summed E-state index contributed by atoms with van der Waals surface area (Å²) in [5.41, 5.74) is 9.27. The summed E-state index contributed by atoms with van der Waals surface area (Å²) in [6.45, 7) is 0. The molecule has 7 rings (SSSR count). The maximum Gasteiger partial charge on any atom is 0.164 e. The molecule has 0 amide bonds. The first-order valence-corrected chi connectivity index (χ1v) is 14.5. The van der Waals surface area contributed by atoms with E-state index >= 15 is 0 Å². The monoisotopic (exact) mass is 571 g/mol. The van der Waals surface area contributed by atoms with Crippen molar-refractivity contribution in [2.45, 2.75) is 0 Å². The molecule has 43 heavy (non-hydrogen) atoms. The minimum atomic E-state index is 0.608. The number of halogens is 1. The Bertz CT molecular complexity index is 2040. The van der Waals surface area contributed by atoms with Crippen molar-refractivity contribution < 1.29 is 0 Å². The Kier molecular flexibility index (Phi) is 7.31. The average Bonchev–Trinajstić information content (AvgIpc) is 3.09. The van der Waals surface area contributed by atoms with Crippen LogP contribution in [0.5, 0.6) is 0 Å². The van der Waals surface area contributed by atoms with Crippen LogP contribution in [0.2, 0.25) is 5.02 Å². The Labute approximate surface area is 256 Å². The van der Waals surface area contributed by atoms with Gasteiger partial charge in [-0.1, -0.05) is 145 Å². The number of hydrogen-bond acceptors (Lipinski definition) is 3. The van der Waals surface area contributed by atoms with Crippen LogP contribution in [0.15, 0.2) is 158 Å². The number of rotatable bonds is 6. The fraction of sp³-hybridized carbons (Fsp3) is 0. The fourth-order valence-corrected chi connectivity index (χ4v) is 5.47. The molecule has 0 saturated carbocycles. The van der Waals surface area contributed by atoms with Crippen molar-refractivity contribution in [3.63, 3.8) is 0 Å². The van der Waals surface area contributed by atoms with Gasteiger partial charge in [-0.3, -0.25) is 0 Å². The highest BCUT2D eigenvalue weighted by atomic mass is 35.5. The molecular formula is C39H26ClN3. The van der Waals surface area contributed by atoms with Crippen molar-refractivity contribution in [3.8, 4) is 67.5 Å². The number of benzene rings is 6. The molecular weight excluding hydrogens is 546 g/mol. The maximum atomic E-state index is 6.32. The van der Waals surface area contributed by atoms with Gasteiger partial charge in [-0.15, -0.1) is 0 Å². The van der Waals surface area contributed by atoms with Crippen LogP contribution in [0.1, 0.15) is 0 Å². The first-order valence-electron chi connectivity index (χ1n) is 14.1. The molecule has 3 nitrogen and oxygen atoms in total. The third-order valence-corrected chi connectivity index (χ3v) is 7.63. The molecule has 0 unspecified atom stereocenters. The van der Waals surface area contributed by atoms with Crippen molar-refractivity contribution in [1.29, 1.82) is 0 Å². The van der Waals surface area contributed by atoms with E-state index in [9.17, 15) is 0 Å². The number of nitrogens with zero attached hydrogens (tertiary/aromatic N) is 3. The van der Waals surface area contributed by atoms with E-state index in [2.05, 4.69) is 91.0 Å². The van der Waals surface area contributed by atoms with E-state index in [1.807, 2.05) is 66.7 Å². The smallest absolute Gasteiger partial charge is 0.164 e. The van der Waals surface area contributed by atoms with Gasteiger partial charge in [0.1, 0.15) is 0 Å². The summed E-state index contributed by atoms with van der Waals surface area (Å²) in [7, 11) is 0. The molecule has 4 heteroatoms. The Balaban J connectivity index is 1.42. The predicted octanol–water partition coefficient (Wildman–Crippen LogP) is 10.5. The molecule has 0 spiro atoms. The predicted molar refractivity (Wildman–Crippen MR) is 177 cm³/mol. The lowest BCUT2D eigenvalue weighted by Gasteiger charge is -2.13. The van der Waals surface area contributed by atoms with Crippen LogP contribution in [-0.2, 0) is 0 Å². The highest BCUT2D eigenvalue weighted by Gasteiger charge is 2.16. The SMILES string of the molecule is Clc1cccc(-c2cccc(-c3nc(-c4cccc(-c5ccccc5)c4)nc(-c4ccccc4-c4ccccc4)n3)c2)c1. The Morgan fingerprint density at radius 1 is 0.302 bits per heavy atom. The maximum absolute atomic E-state index is 6.32. The third kappa shape index (κ3) is 5.72. The Hall–Kier alpha value is -5.38. The Morgan fingerprint density at radius 2 is 0.721 bits per heavy atom. The molecule has 6 aromatic carbocycles. The molecule has 0 saturated heterocycles. The number of aromatic nitrogens is 3. The highest BCUT2D eigenvalue weighted by molar-refractivity contribution is 6.30. The zero-order chi connectivity index (χ0) is 29.0. The van der Waals surface area contributed by atoms with Crippen LogP contribution in [0.3, 0.4) is 0 Å². The van der Waals surface area contributed by atoms with Crippen LogP contribution < -0.4 is 0 Å². The minimum Gasteiger partial charge on any atom is -0.208 e. The first-order chi connectivity index (χ1) is 21.2. The summed E-state index contributed by atoms with van der Waals surface area (Å²) in [5.74, 6) is 1.85. The zero-order valence-corrected chi connectivity index (χ0v) is 24.0. The summed E-state index contributed by atoms with van der Waals surface area (Å²) >= 11 is 6.32. The van der Waals surface area contributed by atoms with Gasteiger partial charge in [-0.2, -0.15) is 0 Å². The molecule has 0 aliphatic heterocycles. The molecule has 0 aliphatic carbocycles. The van der Waals surface area contributed by atoms with Crippen LogP contribution in [0.4, 0.5) is 0 Å². The molecule has 1 aromatic heterocycles. The lowest BCUT2D eigenvalue weighted by atomic mass is 9.99. The topological polar surface area (TPSA) is 38.7 Å². The summed E-state index contributed by atoms with van der Waals surface area (Å²) in [4.78, 5) is 15.2. The van der Waals surface area contributed by atoms with Gasteiger partial charge in [0.15, 0.2) is 17.5 Å². The van der Waals surface area contributed by atoms with Gasteiger partial charge < -0.3 is 0 Å². The fourth-order valence-electron chi connectivity index (χ4n) is 5.28. The first kappa shape index (κ1) is 26.5. The van der Waals surface area contributed by atoms with E-state index in [1.54, 1.807) is 0 Å². The van der Waals surface area contributed by atoms with E-state index < -0.39 is 0 Å². The van der Waals surface area contributed by atoms with E-state index in [0.717, 1.165) is 50.1 Å². The van der Waals surface area contributed by atoms with Gasteiger partial charge >= 0.3 is 0 Å². The van der Waals surface area contributed by atoms with Crippen LogP contribution in [0.25, 0.3) is 67.5 Å². The summed E-state index contributed by atoms with van der Waals surface area (Å²) < 4.78 is 0. The normalized spacial score (nSPS) is 10.9. The van der Waals surface area contributed by atoms with E-state index in [-0.39, 0.29) is 0 Å². The van der Waals surface area contributed by atoms with E-state index in [1.165, 1.54) is 0 Å². The van der Waals surface area contributed by atoms with Crippen molar-refractivity contribution in [2.24, 2.45) is 0 Å². The quantitative estimate of drug-likeness (QED) is 0.199. The van der Waals surface area contributed by atoms with Gasteiger partial charge in [0, 0.05) is 21.7 Å². The second kappa shape index (κ2) is 11.8. The van der Waals surface area contributed by atoms with Crippen LogP contribution >= 0.6 is 11.6 Å². The third-order valence-electron chi connectivity index (χ3n) is 7.39. The zero-order valence-electron chi connectivity index (χ0n) is 23.2. The van der Waals surface area contributed by atoms with Crippen LogP contribution in [0, 0.1) is 0 Å². The summed E-state index contributed by atoms with van der Waals surface area (Å²) in [6, 6.07) is 53.5. The molecule has 0 aliphatic rings. The standard InChI is InChI=1S/C39H26ClN3/c40-34-21-11-18-31(26-34)30-17-10-20-33(25-30)38-41-37(32-19-9-16-29(24-32)27-12-3-1-4-13-27)42-39(43-38)36-23-8-7-22-35(36)28-14-5-2-6-15-28/h1-26H. The van der Waals surface area contributed by atoms with Crippen molar-refractivity contribution in [3.05, 3.63) is 163 Å². The second-order valence-electron chi connectivity index (χ2n) is 10.3. The van der Waals surface area contributed by atoms with Gasteiger partial charge in [-0.25, -0.2) is 15.0 Å². The molecule has 7 aromatic rings. The molecule has 0 fully saturated rings. The lowest BCUT2D eigenvalue weighted by Crippen LogP contribution is -2.01. The average molecular weight is 572 g/mol. The van der Waals surface area contributed by atoms with Crippen molar-refractivity contribution in [1.82, 2.24) is 15.0 Å². The molecule has 0 bridgehead atoms.